The van der Waals surface area contributed by atoms with Crippen molar-refractivity contribution in [1.82, 2.24) is 9.29 Å². The molecule has 0 bridgehead atoms. The summed E-state index contributed by atoms with van der Waals surface area (Å²) in [6, 6.07) is 9.46. The summed E-state index contributed by atoms with van der Waals surface area (Å²) >= 11 is 7.37. The highest BCUT2D eigenvalue weighted by molar-refractivity contribution is 7.89. The van der Waals surface area contributed by atoms with Gasteiger partial charge in [0.05, 0.1) is 21.2 Å². The van der Waals surface area contributed by atoms with Gasteiger partial charge in [-0.3, -0.25) is 0 Å². The summed E-state index contributed by atoms with van der Waals surface area (Å²) in [5.41, 5.74) is 0.448. The predicted molar refractivity (Wildman–Crippen MR) is 114 cm³/mol. The van der Waals surface area contributed by atoms with E-state index in [0.717, 1.165) is 4.31 Å². The van der Waals surface area contributed by atoms with Crippen LogP contribution in [0.25, 0.3) is 0 Å². The van der Waals surface area contributed by atoms with E-state index in [2.05, 4.69) is 4.98 Å². The molecule has 0 unspecified atom stereocenters. The quantitative estimate of drug-likeness (QED) is 0.447. The Morgan fingerprint density at radius 2 is 1.87 bits per heavy atom. The second-order valence-electron chi connectivity index (χ2n) is 6.48. The second kappa shape index (κ2) is 9.73. The van der Waals surface area contributed by atoms with E-state index in [0.29, 0.717) is 16.5 Å². The van der Waals surface area contributed by atoms with Gasteiger partial charge in [0.25, 0.3) is 0 Å². The standard InChI is InChI=1S/C20H18ClFN2O5S2/c1-24(2)31(26,27)16-7-8-18(21)17(9-16)20(25)29-10-14-12-30-19(23-14)11-28-15-5-3-13(22)4-6-15/h3-9,12H,10-11H2,1-2H3. The molecule has 0 aliphatic rings. The summed E-state index contributed by atoms with van der Waals surface area (Å²) < 4.78 is 49.3. The number of hydrogen-bond acceptors (Lipinski definition) is 7. The molecular weight excluding hydrogens is 467 g/mol. The van der Waals surface area contributed by atoms with Crippen molar-refractivity contribution in [3.63, 3.8) is 0 Å². The van der Waals surface area contributed by atoms with E-state index in [9.17, 15) is 17.6 Å². The smallest absolute Gasteiger partial charge is 0.340 e. The van der Waals surface area contributed by atoms with Gasteiger partial charge in [-0.2, -0.15) is 0 Å². The Morgan fingerprint density at radius 3 is 2.55 bits per heavy atom. The van der Waals surface area contributed by atoms with Crippen molar-refractivity contribution in [2.75, 3.05) is 14.1 Å². The number of halogens is 2. The van der Waals surface area contributed by atoms with Crippen molar-refractivity contribution in [2.24, 2.45) is 0 Å². The van der Waals surface area contributed by atoms with Gasteiger partial charge in [-0.1, -0.05) is 11.6 Å². The fourth-order valence-electron chi connectivity index (χ4n) is 2.41. The fraction of sp³-hybridized carbons (Fsp3) is 0.200. The molecule has 11 heteroatoms. The Balaban J connectivity index is 1.62. The number of benzene rings is 2. The van der Waals surface area contributed by atoms with Gasteiger partial charge in [0, 0.05) is 19.5 Å². The highest BCUT2D eigenvalue weighted by atomic mass is 35.5. The normalized spacial score (nSPS) is 11.5. The summed E-state index contributed by atoms with van der Waals surface area (Å²) in [5, 5.41) is 2.44. The first-order valence-electron chi connectivity index (χ1n) is 8.87. The monoisotopic (exact) mass is 484 g/mol. The van der Waals surface area contributed by atoms with Crippen molar-refractivity contribution in [2.45, 2.75) is 18.1 Å². The minimum Gasteiger partial charge on any atom is -0.486 e. The molecule has 3 rings (SSSR count). The van der Waals surface area contributed by atoms with E-state index in [4.69, 9.17) is 21.1 Å². The number of aromatic nitrogens is 1. The van der Waals surface area contributed by atoms with Gasteiger partial charge >= 0.3 is 5.97 Å². The summed E-state index contributed by atoms with van der Waals surface area (Å²) in [4.78, 5) is 16.7. The molecule has 0 aliphatic carbocycles. The zero-order valence-electron chi connectivity index (χ0n) is 16.5. The maximum atomic E-state index is 12.9. The topological polar surface area (TPSA) is 85.8 Å². The average molecular weight is 485 g/mol. The van der Waals surface area contributed by atoms with Gasteiger partial charge in [-0.15, -0.1) is 11.3 Å². The lowest BCUT2D eigenvalue weighted by Gasteiger charge is -2.13. The van der Waals surface area contributed by atoms with Crippen molar-refractivity contribution in [3.05, 3.63) is 74.9 Å². The number of carbonyl (C=O) groups excluding carboxylic acids is 1. The maximum Gasteiger partial charge on any atom is 0.340 e. The fourth-order valence-corrected chi connectivity index (χ4v) is 4.22. The van der Waals surface area contributed by atoms with E-state index in [1.807, 2.05) is 0 Å². The number of hydrogen-bond donors (Lipinski definition) is 0. The van der Waals surface area contributed by atoms with Gasteiger partial charge < -0.3 is 9.47 Å². The van der Waals surface area contributed by atoms with Crippen LogP contribution in [0.4, 0.5) is 4.39 Å². The van der Waals surface area contributed by atoms with E-state index in [1.165, 1.54) is 67.9 Å². The molecule has 0 amide bonds. The highest BCUT2D eigenvalue weighted by Crippen LogP contribution is 2.23. The molecule has 31 heavy (non-hydrogen) atoms. The van der Waals surface area contributed by atoms with Gasteiger partial charge in [0.2, 0.25) is 10.0 Å². The first-order valence-corrected chi connectivity index (χ1v) is 11.6. The minimum absolute atomic E-state index is 0.0558. The molecule has 0 atom stereocenters. The van der Waals surface area contributed by atoms with Gasteiger partial charge in [-0.05, 0) is 42.5 Å². The molecule has 7 nitrogen and oxygen atoms in total. The first-order chi connectivity index (χ1) is 14.7. The zero-order chi connectivity index (χ0) is 22.6. The zero-order valence-corrected chi connectivity index (χ0v) is 18.9. The summed E-state index contributed by atoms with van der Waals surface area (Å²) in [7, 11) is -0.943. The number of rotatable bonds is 8. The lowest BCUT2D eigenvalue weighted by molar-refractivity contribution is 0.0468. The number of carbonyl (C=O) groups is 1. The van der Waals surface area contributed by atoms with Crippen LogP contribution in [0.15, 0.2) is 52.7 Å². The van der Waals surface area contributed by atoms with Crippen LogP contribution in [-0.2, 0) is 28.0 Å². The molecule has 0 fully saturated rings. The Hall–Kier alpha value is -2.53. The third kappa shape index (κ3) is 5.79. The van der Waals surface area contributed by atoms with E-state index in [1.54, 1.807) is 5.38 Å². The maximum absolute atomic E-state index is 12.9. The highest BCUT2D eigenvalue weighted by Gasteiger charge is 2.21. The van der Waals surface area contributed by atoms with Crippen LogP contribution in [0.2, 0.25) is 5.02 Å². The molecule has 0 saturated carbocycles. The molecule has 1 heterocycles. The Kier molecular flexibility index (Phi) is 7.26. The van der Waals surface area contributed by atoms with E-state index < -0.39 is 16.0 Å². The Labute approximate surface area is 188 Å². The average Bonchev–Trinajstić information content (AvgIpc) is 3.19. The number of thiazole rings is 1. The number of ether oxygens (including phenoxy) is 2. The Bertz CT molecular complexity index is 1180. The van der Waals surface area contributed by atoms with Crippen molar-refractivity contribution >= 4 is 38.9 Å². The molecule has 0 spiro atoms. The largest absolute Gasteiger partial charge is 0.486 e. The summed E-state index contributed by atoms with van der Waals surface area (Å²) in [6.45, 7) is 0.0629. The van der Waals surface area contributed by atoms with Crippen LogP contribution in [0, 0.1) is 5.82 Å². The molecular formula is C20H18ClFN2O5S2. The van der Waals surface area contributed by atoms with Crippen LogP contribution < -0.4 is 4.74 Å². The van der Waals surface area contributed by atoms with Crippen LogP contribution in [-0.4, -0.2) is 37.8 Å². The van der Waals surface area contributed by atoms with Crippen LogP contribution in [0.1, 0.15) is 21.1 Å². The van der Waals surface area contributed by atoms with Gasteiger partial charge in [-0.25, -0.2) is 26.9 Å². The van der Waals surface area contributed by atoms with Crippen molar-refractivity contribution in [1.29, 1.82) is 0 Å². The van der Waals surface area contributed by atoms with E-state index >= 15 is 0 Å². The molecule has 0 radical (unpaired) electrons. The third-order valence-corrected chi connectivity index (χ3v) is 7.07. The Morgan fingerprint density at radius 1 is 1.16 bits per heavy atom. The molecule has 164 valence electrons. The first kappa shape index (κ1) is 23.1. The van der Waals surface area contributed by atoms with Gasteiger partial charge in [0.15, 0.2) is 0 Å². The minimum atomic E-state index is -3.72. The van der Waals surface area contributed by atoms with Crippen LogP contribution >= 0.6 is 22.9 Å². The SMILES string of the molecule is CN(C)S(=O)(=O)c1ccc(Cl)c(C(=O)OCc2csc(COc3ccc(F)cc3)n2)c1. The number of sulfonamides is 1. The lowest BCUT2D eigenvalue weighted by Crippen LogP contribution is -2.22. The van der Waals surface area contributed by atoms with Crippen molar-refractivity contribution in [3.8, 4) is 5.75 Å². The van der Waals surface area contributed by atoms with E-state index in [-0.39, 0.29) is 34.5 Å². The third-order valence-electron chi connectivity index (χ3n) is 4.06. The van der Waals surface area contributed by atoms with Crippen molar-refractivity contribution < 1.29 is 27.1 Å². The lowest BCUT2D eigenvalue weighted by atomic mass is 10.2. The second-order valence-corrected chi connectivity index (χ2v) is 9.98. The number of nitrogens with zero attached hydrogens (tertiary/aromatic N) is 2. The molecule has 3 aromatic rings. The van der Waals surface area contributed by atoms with Crippen LogP contribution in [0.5, 0.6) is 5.75 Å². The summed E-state index contributed by atoms with van der Waals surface area (Å²) in [6.07, 6.45) is 0. The molecule has 0 aliphatic heterocycles. The number of esters is 1. The molecule has 0 saturated heterocycles. The van der Waals surface area contributed by atoms with Gasteiger partial charge in [0.1, 0.15) is 29.8 Å². The summed E-state index contributed by atoms with van der Waals surface area (Å²) in [5.74, 6) is -0.611. The predicted octanol–water partition coefficient (Wildman–Crippen LogP) is 4.12. The molecule has 2 aromatic carbocycles. The molecule has 0 N–H and O–H groups in total. The van der Waals surface area contributed by atoms with Crippen LogP contribution in [0.3, 0.4) is 0 Å². The molecule has 1 aromatic heterocycles.